The van der Waals surface area contributed by atoms with E-state index < -0.39 is 10.0 Å². The molecule has 0 spiro atoms. The van der Waals surface area contributed by atoms with E-state index in [1.165, 1.54) is 6.20 Å². The number of nitrogens with one attached hydrogen (secondary N) is 2. The summed E-state index contributed by atoms with van der Waals surface area (Å²) < 4.78 is 50.9. The van der Waals surface area contributed by atoms with Gasteiger partial charge in [0.2, 0.25) is 21.9 Å². The van der Waals surface area contributed by atoms with Crippen LogP contribution in [-0.4, -0.2) is 117 Å². The van der Waals surface area contributed by atoms with Gasteiger partial charge in [-0.2, -0.15) is 4.98 Å². The number of sulfonamides is 1. The van der Waals surface area contributed by atoms with E-state index in [9.17, 15) is 12.8 Å². The van der Waals surface area contributed by atoms with Gasteiger partial charge in [0.05, 0.1) is 60.3 Å². The number of piperazine rings is 1. The molecule has 0 bridgehead atoms. The largest absolute Gasteiger partial charge is 0.474 e. The van der Waals surface area contributed by atoms with Crippen molar-refractivity contribution in [2.24, 2.45) is 0 Å². The third-order valence-corrected chi connectivity index (χ3v) is 8.94. The van der Waals surface area contributed by atoms with Gasteiger partial charge in [0.1, 0.15) is 18.6 Å². The Hall–Kier alpha value is -3.56. The third kappa shape index (κ3) is 7.74. The molecule has 1 aliphatic carbocycles. The number of alkyl halides is 1. The van der Waals surface area contributed by atoms with Crippen molar-refractivity contribution < 1.29 is 22.3 Å². The summed E-state index contributed by atoms with van der Waals surface area (Å²) in [6, 6.07) is 3.87. The highest BCUT2D eigenvalue weighted by Gasteiger charge is 2.26. The van der Waals surface area contributed by atoms with Gasteiger partial charge in [-0.25, -0.2) is 22.8 Å². The topological polar surface area (TPSA) is 138 Å². The highest BCUT2D eigenvalue weighted by atomic mass is 32.2. The monoisotopic (exact) mass is 629 g/mol. The highest BCUT2D eigenvalue weighted by molar-refractivity contribution is 7.92. The van der Waals surface area contributed by atoms with Crippen LogP contribution in [0.15, 0.2) is 30.7 Å². The Balaban J connectivity index is 1.09. The maximum absolute atomic E-state index is 12.6. The van der Waals surface area contributed by atoms with Crippen LogP contribution in [0.1, 0.15) is 25.7 Å². The van der Waals surface area contributed by atoms with Crippen molar-refractivity contribution in [3.63, 3.8) is 0 Å². The SMILES string of the molecule is CS(=O)(=O)Nc1cnc2cc(N3CCOCC3)nc(O[C@H]3CC[C@@H](Nc4ncc(N5CCN(CCF)CC5)cn4)CC3)c2c1. The summed E-state index contributed by atoms with van der Waals surface area (Å²) in [5.74, 6) is 1.83. The Kier molecular flexibility index (Phi) is 9.42. The number of fused-ring (bicyclic) bond motifs is 1. The van der Waals surface area contributed by atoms with E-state index in [-0.39, 0.29) is 18.8 Å². The molecule has 0 unspecified atom stereocenters. The molecule has 2 aliphatic heterocycles. The Morgan fingerprint density at radius 2 is 1.68 bits per heavy atom. The van der Waals surface area contributed by atoms with Gasteiger partial charge in [-0.15, -0.1) is 0 Å². The van der Waals surface area contributed by atoms with Crippen LogP contribution < -0.4 is 24.6 Å². The van der Waals surface area contributed by atoms with Crippen molar-refractivity contribution in [1.29, 1.82) is 0 Å². The fraction of sp³-hybridized carbons (Fsp3) is 0.586. The minimum atomic E-state index is -3.46. The number of halogens is 1. The van der Waals surface area contributed by atoms with Crippen molar-refractivity contribution in [3.8, 4) is 5.88 Å². The van der Waals surface area contributed by atoms with E-state index in [1.807, 2.05) is 18.5 Å². The smallest absolute Gasteiger partial charge is 0.229 e. The molecule has 2 N–H and O–H groups in total. The number of hydrogen-bond acceptors (Lipinski definition) is 12. The molecule has 5 heterocycles. The summed E-state index contributed by atoms with van der Waals surface area (Å²) >= 11 is 0. The Morgan fingerprint density at radius 3 is 2.36 bits per heavy atom. The van der Waals surface area contributed by atoms with Crippen molar-refractivity contribution in [3.05, 3.63) is 30.7 Å². The first-order chi connectivity index (χ1) is 21.3. The first kappa shape index (κ1) is 30.5. The zero-order valence-corrected chi connectivity index (χ0v) is 25.8. The van der Waals surface area contributed by atoms with Crippen LogP contribution in [0.5, 0.6) is 5.88 Å². The maximum Gasteiger partial charge on any atom is 0.229 e. The molecule has 0 aromatic carbocycles. The minimum absolute atomic E-state index is 0.0467. The minimum Gasteiger partial charge on any atom is -0.474 e. The Morgan fingerprint density at radius 1 is 0.955 bits per heavy atom. The number of morpholine rings is 1. The van der Waals surface area contributed by atoms with Crippen LogP contribution in [0.25, 0.3) is 10.9 Å². The van der Waals surface area contributed by atoms with Gasteiger partial charge in [0, 0.05) is 57.9 Å². The fourth-order valence-electron chi connectivity index (χ4n) is 5.97. The second-order valence-electron chi connectivity index (χ2n) is 11.6. The van der Waals surface area contributed by atoms with Gasteiger partial charge in [-0.1, -0.05) is 0 Å². The molecule has 3 aromatic heterocycles. The lowest BCUT2D eigenvalue weighted by Crippen LogP contribution is -2.47. The van der Waals surface area contributed by atoms with Crippen LogP contribution in [0.4, 0.5) is 27.5 Å². The fourth-order valence-corrected chi connectivity index (χ4v) is 6.51. The van der Waals surface area contributed by atoms with Gasteiger partial charge in [-0.3, -0.25) is 14.6 Å². The lowest BCUT2D eigenvalue weighted by atomic mass is 9.93. The van der Waals surface area contributed by atoms with E-state index in [0.29, 0.717) is 48.2 Å². The molecular weight excluding hydrogens is 589 g/mol. The molecule has 15 heteroatoms. The van der Waals surface area contributed by atoms with E-state index in [4.69, 9.17) is 14.5 Å². The number of pyridine rings is 2. The number of ether oxygens (including phenoxy) is 2. The predicted molar refractivity (Wildman–Crippen MR) is 168 cm³/mol. The molecule has 3 aliphatic rings. The average molecular weight is 630 g/mol. The van der Waals surface area contributed by atoms with E-state index in [2.05, 4.69) is 39.7 Å². The maximum atomic E-state index is 12.6. The van der Waals surface area contributed by atoms with E-state index >= 15 is 0 Å². The molecule has 1 saturated carbocycles. The van der Waals surface area contributed by atoms with Crippen LogP contribution in [0, 0.1) is 0 Å². The number of anilines is 4. The molecule has 0 atom stereocenters. The summed E-state index contributed by atoms with van der Waals surface area (Å²) in [6.45, 7) is 6.25. The lowest BCUT2D eigenvalue weighted by molar-refractivity contribution is 0.122. The summed E-state index contributed by atoms with van der Waals surface area (Å²) in [7, 11) is -3.46. The molecule has 6 rings (SSSR count). The summed E-state index contributed by atoms with van der Waals surface area (Å²) in [4.78, 5) is 25.1. The molecule has 238 valence electrons. The normalized spacial score (nSPS) is 21.8. The molecule has 0 radical (unpaired) electrons. The summed E-state index contributed by atoms with van der Waals surface area (Å²) in [5.41, 5.74) is 2.04. The second kappa shape index (κ2) is 13.6. The van der Waals surface area contributed by atoms with E-state index in [1.54, 1.807) is 6.07 Å². The number of nitrogens with zero attached hydrogens (tertiary/aromatic N) is 7. The Bertz CT molecular complexity index is 1510. The molecule has 3 fully saturated rings. The third-order valence-electron chi connectivity index (χ3n) is 8.33. The van der Waals surface area contributed by atoms with Crippen molar-refractivity contribution in [2.45, 2.75) is 37.8 Å². The van der Waals surface area contributed by atoms with Crippen LogP contribution in [-0.2, 0) is 14.8 Å². The number of hydrogen-bond donors (Lipinski definition) is 2. The zero-order chi connectivity index (χ0) is 30.5. The quantitative estimate of drug-likeness (QED) is 0.341. The molecular formula is C29H40FN9O4S. The van der Waals surface area contributed by atoms with Crippen molar-refractivity contribution in [2.75, 3.05) is 91.8 Å². The zero-order valence-electron chi connectivity index (χ0n) is 25.0. The summed E-state index contributed by atoms with van der Waals surface area (Å²) in [6.07, 6.45) is 9.68. The van der Waals surface area contributed by atoms with Crippen LogP contribution >= 0.6 is 0 Å². The molecule has 0 amide bonds. The number of aromatic nitrogens is 4. The van der Waals surface area contributed by atoms with Gasteiger partial charge < -0.3 is 24.6 Å². The standard InChI is InChI=1S/C29H40FN9O4S/c1-44(40,41)36-22-16-25-26(31-18-22)17-27(39-12-14-42-15-13-39)35-28(25)43-24-4-2-21(3-5-24)34-29-32-19-23(20-33-29)38-10-8-37(7-6-30)9-11-38/h16-21,24,36H,2-15H2,1H3,(H,32,33,34)/t21-,24+. The van der Waals surface area contributed by atoms with E-state index in [0.717, 1.165) is 82.7 Å². The average Bonchev–Trinajstić information content (AvgIpc) is 3.03. The molecule has 44 heavy (non-hydrogen) atoms. The van der Waals surface area contributed by atoms with Crippen LogP contribution in [0.3, 0.4) is 0 Å². The van der Waals surface area contributed by atoms with Crippen molar-refractivity contribution in [1.82, 2.24) is 24.8 Å². The first-order valence-corrected chi connectivity index (χ1v) is 17.1. The van der Waals surface area contributed by atoms with Gasteiger partial charge in [-0.05, 0) is 31.7 Å². The summed E-state index contributed by atoms with van der Waals surface area (Å²) in [5, 5.41) is 4.14. The highest BCUT2D eigenvalue weighted by Crippen LogP contribution is 2.33. The van der Waals surface area contributed by atoms with Gasteiger partial charge >= 0.3 is 0 Å². The molecule has 3 aromatic rings. The number of rotatable bonds is 10. The molecule has 2 saturated heterocycles. The second-order valence-corrected chi connectivity index (χ2v) is 13.3. The predicted octanol–water partition coefficient (Wildman–Crippen LogP) is 2.52. The first-order valence-electron chi connectivity index (χ1n) is 15.2. The van der Waals surface area contributed by atoms with Crippen molar-refractivity contribution >= 4 is 44.1 Å². The van der Waals surface area contributed by atoms with Crippen LogP contribution in [0.2, 0.25) is 0 Å². The molecule has 13 nitrogen and oxygen atoms in total. The van der Waals surface area contributed by atoms with Gasteiger partial charge in [0.15, 0.2) is 0 Å². The lowest BCUT2D eigenvalue weighted by Gasteiger charge is -2.35. The van der Waals surface area contributed by atoms with Gasteiger partial charge in [0.25, 0.3) is 0 Å². The Labute approximate surface area is 257 Å².